The number of rotatable bonds is 6. The van der Waals surface area contributed by atoms with Gasteiger partial charge in [0, 0.05) is 30.7 Å². The zero-order chi connectivity index (χ0) is 22.2. The highest BCUT2D eigenvalue weighted by molar-refractivity contribution is 7.92. The summed E-state index contributed by atoms with van der Waals surface area (Å²) in [5.74, 6) is 2.10. The Hall–Kier alpha value is -3.73. The quantitative estimate of drug-likeness (QED) is 0.491. The van der Waals surface area contributed by atoms with Crippen molar-refractivity contribution in [2.24, 2.45) is 7.05 Å². The summed E-state index contributed by atoms with van der Waals surface area (Å²) in [6.07, 6.45) is 4.57. The maximum absolute atomic E-state index is 12.5. The van der Waals surface area contributed by atoms with E-state index in [2.05, 4.69) is 24.7 Å². The monoisotopic (exact) mass is 439 g/mol. The summed E-state index contributed by atoms with van der Waals surface area (Å²) in [6.45, 7) is 5.62. The number of nitrogens with zero attached hydrogens (tertiary/aromatic N) is 6. The zero-order valence-electron chi connectivity index (χ0n) is 17.4. The van der Waals surface area contributed by atoms with Crippen LogP contribution in [0.4, 0.5) is 5.69 Å². The van der Waals surface area contributed by atoms with Crippen LogP contribution in [0.1, 0.15) is 17.2 Å². The molecule has 4 rings (SSSR count). The third kappa shape index (κ3) is 4.26. The van der Waals surface area contributed by atoms with Crippen LogP contribution >= 0.6 is 0 Å². The van der Waals surface area contributed by atoms with E-state index in [0.29, 0.717) is 29.0 Å². The number of imidazole rings is 2. The molecule has 0 spiro atoms. The number of aromatic nitrogens is 6. The second-order valence-corrected chi connectivity index (χ2v) is 8.60. The summed E-state index contributed by atoms with van der Waals surface area (Å²) in [7, 11) is -2.04. The van der Waals surface area contributed by atoms with Crippen LogP contribution in [-0.4, -0.2) is 37.5 Å². The third-order valence-corrected chi connectivity index (χ3v) is 6.07. The smallest absolute Gasteiger partial charge is 0.280 e. The first-order valence-corrected chi connectivity index (χ1v) is 10.8. The van der Waals surface area contributed by atoms with Crippen LogP contribution < -0.4 is 9.46 Å². The van der Waals surface area contributed by atoms with Crippen LogP contribution in [0.2, 0.25) is 0 Å². The third-order valence-electron chi connectivity index (χ3n) is 4.82. The zero-order valence-corrected chi connectivity index (χ0v) is 18.3. The average molecular weight is 440 g/mol. The highest BCUT2D eigenvalue weighted by Gasteiger charge is 2.18. The van der Waals surface area contributed by atoms with Crippen LogP contribution in [0.25, 0.3) is 5.82 Å². The molecule has 0 fully saturated rings. The first-order chi connectivity index (χ1) is 14.7. The Kier molecular flexibility index (Phi) is 5.19. The predicted molar refractivity (Wildman–Crippen MR) is 114 cm³/mol. The molecule has 0 saturated carbocycles. The van der Waals surface area contributed by atoms with E-state index in [9.17, 15) is 8.42 Å². The number of aryl methyl sites for hydroxylation is 3. The maximum Gasteiger partial charge on any atom is 0.280 e. The molecule has 3 heterocycles. The molecule has 0 unspecified atom stereocenters. The molecule has 10 nitrogen and oxygen atoms in total. The molecule has 0 radical (unpaired) electrons. The summed E-state index contributed by atoms with van der Waals surface area (Å²) in [5, 5.41) is -0.0358. The Balaban J connectivity index is 1.49. The van der Waals surface area contributed by atoms with Crippen molar-refractivity contribution >= 4 is 15.7 Å². The lowest BCUT2D eigenvalue weighted by atomic mass is 10.3. The van der Waals surface area contributed by atoms with Gasteiger partial charge in [-0.15, -0.1) is 0 Å². The van der Waals surface area contributed by atoms with E-state index in [-0.39, 0.29) is 5.03 Å². The van der Waals surface area contributed by atoms with E-state index in [1.54, 1.807) is 55.2 Å². The Morgan fingerprint density at radius 1 is 1.03 bits per heavy atom. The predicted octanol–water partition coefficient (Wildman–Crippen LogP) is 2.91. The maximum atomic E-state index is 12.5. The largest absolute Gasteiger partial charge is 0.439 e. The molecule has 0 aliphatic rings. The van der Waals surface area contributed by atoms with Crippen molar-refractivity contribution in [3.05, 3.63) is 66.4 Å². The summed E-state index contributed by atoms with van der Waals surface area (Å²) in [4.78, 5) is 16.7. The van der Waals surface area contributed by atoms with Gasteiger partial charge < -0.3 is 9.30 Å². The minimum Gasteiger partial charge on any atom is -0.439 e. The number of hydrogen-bond acceptors (Lipinski definition) is 7. The second kappa shape index (κ2) is 7.84. The standard InChI is InChI=1S/C20H21N7O3S/c1-13-14(2)27(12-23-13)18-9-19(22-11-21-18)30-17-7-5-16(6-8-17)25-31(28,29)20-10-26(4)15(3)24-20/h5-12,25H,1-4H3. The molecule has 1 N–H and O–H groups in total. The normalized spacial score (nSPS) is 11.5. The summed E-state index contributed by atoms with van der Waals surface area (Å²) >= 11 is 0. The average Bonchev–Trinajstić information content (AvgIpc) is 3.25. The van der Waals surface area contributed by atoms with Gasteiger partial charge in [-0.05, 0) is 45.0 Å². The molecule has 1 aromatic carbocycles. The van der Waals surface area contributed by atoms with Crippen molar-refractivity contribution in [3.63, 3.8) is 0 Å². The van der Waals surface area contributed by atoms with Crippen LogP contribution in [0, 0.1) is 20.8 Å². The minimum atomic E-state index is -3.78. The van der Waals surface area contributed by atoms with Gasteiger partial charge in [0.05, 0.1) is 5.69 Å². The Labute approximate surface area is 179 Å². The number of benzene rings is 1. The Morgan fingerprint density at radius 2 is 1.77 bits per heavy atom. The molecular weight excluding hydrogens is 418 g/mol. The Morgan fingerprint density at radius 3 is 2.39 bits per heavy atom. The van der Waals surface area contributed by atoms with Crippen LogP contribution in [0.3, 0.4) is 0 Å². The van der Waals surface area contributed by atoms with E-state index in [0.717, 1.165) is 11.4 Å². The van der Waals surface area contributed by atoms with Crippen molar-refractivity contribution in [3.8, 4) is 17.4 Å². The second-order valence-electron chi connectivity index (χ2n) is 6.97. The first kappa shape index (κ1) is 20.5. The fourth-order valence-corrected chi connectivity index (χ4v) is 3.92. The number of sulfonamides is 1. The molecule has 0 aliphatic carbocycles. The molecule has 4 aromatic rings. The van der Waals surface area contributed by atoms with Gasteiger partial charge in [0.25, 0.3) is 10.0 Å². The number of nitrogens with one attached hydrogen (secondary N) is 1. The van der Waals surface area contributed by atoms with E-state index in [1.165, 1.54) is 12.5 Å². The highest BCUT2D eigenvalue weighted by atomic mass is 32.2. The molecular formula is C20H21N7O3S. The molecule has 11 heteroatoms. The molecule has 0 saturated heterocycles. The van der Waals surface area contributed by atoms with Crippen LogP contribution in [0.15, 0.2) is 54.2 Å². The summed E-state index contributed by atoms with van der Waals surface area (Å²) < 4.78 is 36.8. The van der Waals surface area contributed by atoms with Crippen molar-refractivity contribution in [1.29, 1.82) is 0 Å². The van der Waals surface area contributed by atoms with E-state index < -0.39 is 10.0 Å². The van der Waals surface area contributed by atoms with Crippen molar-refractivity contribution in [1.82, 2.24) is 29.1 Å². The molecule has 3 aromatic heterocycles. The van der Waals surface area contributed by atoms with E-state index >= 15 is 0 Å². The first-order valence-electron chi connectivity index (χ1n) is 9.36. The van der Waals surface area contributed by atoms with E-state index in [1.807, 2.05) is 18.4 Å². The fraction of sp³-hybridized carbons (Fsp3) is 0.200. The fourth-order valence-electron chi connectivity index (χ4n) is 2.82. The Bertz CT molecular complexity index is 1320. The molecule has 0 amide bonds. The minimum absolute atomic E-state index is 0.0358. The SMILES string of the molecule is Cc1ncn(-c2cc(Oc3ccc(NS(=O)(=O)c4cn(C)c(C)n4)cc3)ncn2)c1C. The van der Waals surface area contributed by atoms with Crippen LogP contribution in [0.5, 0.6) is 11.6 Å². The van der Waals surface area contributed by atoms with Gasteiger partial charge >= 0.3 is 0 Å². The lowest BCUT2D eigenvalue weighted by molar-refractivity contribution is 0.461. The van der Waals surface area contributed by atoms with Gasteiger partial charge in [-0.2, -0.15) is 8.42 Å². The molecule has 31 heavy (non-hydrogen) atoms. The lowest BCUT2D eigenvalue weighted by Gasteiger charge is -2.09. The van der Waals surface area contributed by atoms with Crippen molar-refractivity contribution in [2.75, 3.05) is 4.72 Å². The highest BCUT2D eigenvalue weighted by Crippen LogP contribution is 2.24. The van der Waals surface area contributed by atoms with Gasteiger partial charge in [-0.3, -0.25) is 9.29 Å². The molecule has 0 aliphatic heterocycles. The molecule has 160 valence electrons. The van der Waals surface area contributed by atoms with Crippen molar-refractivity contribution in [2.45, 2.75) is 25.8 Å². The van der Waals surface area contributed by atoms with Gasteiger partial charge in [0.2, 0.25) is 5.88 Å². The summed E-state index contributed by atoms with van der Waals surface area (Å²) in [6, 6.07) is 8.21. The van der Waals surface area contributed by atoms with Gasteiger partial charge in [0.1, 0.15) is 30.0 Å². The van der Waals surface area contributed by atoms with Gasteiger partial charge in [0.15, 0.2) is 5.03 Å². The number of ether oxygens (including phenoxy) is 1. The summed E-state index contributed by atoms with van der Waals surface area (Å²) in [5.41, 5.74) is 2.29. The number of anilines is 1. The van der Waals surface area contributed by atoms with Gasteiger partial charge in [-0.25, -0.2) is 19.9 Å². The molecule has 0 atom stereocenters. The number of hydrogen-bond donors (Lipinski definition) is 1. The lowest BCUT2D eigenvalue weighted by Crippen LogP contribution is -2.13. The topological polar surface area (TPSA) is 117 Å². The van der Waals surface area contributed by atoms with Gasteiger partial charge in [-0.1, -0.05) is 0 Å². The molecule has 0 bridgehead atoms. The van der Waals surface area contributed by atoms with E-state index in [4.69, 9.17) is 4.74 Å². The van der Waals surface area contributed by atoms with Crippen molar-refractivity contribution < 1.29 is 13.2 Å². The van der Waals surface area contributed by atoms with Crippen LogP contribution in [-0.2, 0) is 17.1 Å².